The summed E-state index contributed by atoms with van der Waals surface area (Å²) in [7, 11) is 0. The highest BCUT2D eigenvalue weighted by Crippen LogP contribution is 2.41. The molecule has 1 unspecified atom stereocenters. The van der Waals surface area contributed by atoms with Crippen molar-refractivity contribution < 1.29 is 9.90 Å². The van der Waals surface area contributed by atoms with Crippen LogP contribution >= 0.6 is 12.6 Å². The molecule has 0 aliphatic heterocycles. The fourth-order valence-electron chi connectivity index (χ4n) is 2.72. The third-order valence-electron chi connectivity index (χ3n) is 3.92. The zero-order chi connectivity index (χ0) is 12.3. The summed E-state index contributed by atoms with van der Waals surface area (Å²) in [5.41, 5.74) is 0.393. The molecule has 1 N–H and O–H groups in total. The molecule has 0 spiro atoms. The molecule has 0 bridgehead atoms. The smallest absolute Gasteiger partial charge is 0.304 e. The molecule has 1 aliphatic carbocycles. The van der Waals surface area contributed by atoms with Gasteiger partial charge >= 0.3 is 5.97 Å². The lowest BCUT2D eigenvalue weighted by molar-refractivity contribution is -0.137. The van der Waals surface area contributed by atoms with Crippen LogP contribution in [0.2, 0.25) is 0 Å². The summed E-state index contributed by atoms with van der Waals surface area (Å²) in [6, 6.07) is 0. The molecular formula is C13H24O2S. The maximum Gasteiger partial charge on any atom is 0.304 e. The Morgan fingerprint density at radius 1 is 1.31 bits per heavy atom. The van der Waals surface area contributed by atoms with Crippen LogP contribution < -0.4 is 0 Å². The molecule has 0 aromatic heterocycles. The van der Waals surface area contributed by atoms with Crippen LogP contribution in [0.3, 0.4) is 0 Å². The summed E-state index contributed by atoms with van der Waals surface area (Å²) in [6.45, 7) is 6.90. The van der Waals surface area contributed by atoms with Crippen molar-refractivity contribution >= 4 is 18.6 Å². The molecule has 1 atom stereocenters. The van der Waals surface area contributed by atoms with Crippen molar-refractivity contribution in [2.45, 2.75) is 58.1 Å². The molecule has 0 amide bonds. The van der Waals surface area contributed by atoms with E-state index in [4.69, 9.17) is 5.11 Å². The van der Waals surface area contributed by atoms with Crippen LogP contribution in [-0.4, -0.2) is 16.3 Å². The molecule has 94 valence electrons. The quantitative estimate of drug-likeness (QED) is 0.744. The van der Waals surface area contributed by atoms with Gasteiger partial charge in [0.15, 0.2) is 0 Å². The van der Waals surface area contributed by atoms with Crippen LogP contribution in [0.15, 0.2) is 0 Å². The predicted molar refractivity (Wildman–Crippen MR) is 69.9 cm³/mol. The van der Waals surface area contributed by atoms with Crippen LogP contribution in [0, 0.1) is 17.3 Å². The Morgan fingerprint density at radius 2 is 1.81 bits per heavy atom. The minimum atomic E-state index is -0.724. The highest BCUT2D eigenvalue weighted by Gasteiger charge is 2.32. The number of aliphatic carboxylic acids is 1. The van der Waals surface area contributed by atoms with E-state index < -0.39 is 5.97 Å². The van der Waals surface area contributed by atoms with Gasteiger partial charge in [-0.15, -0.1) is 0 Å². The van der Waals surface area contributed by atoms with E-state index >= 15 is 0 Å². The monoisotopic (exact) mass is 244 g/mol. The standard InChI is InChI=1S/C13H24O2S/c1-13(2,3)10-6-4-9(5-7-10)11(16)8-12(14)15/h9-11,16H,4-8H2,1-3H3,(H,14,15). The molecule has 0 aromatic carbocycles. The maximum absolute atomic E-state index is 10.6. The molecule has 2 nitrogen and oxygen atoms in total. The summed E-state index contributed by atoms with van der Waals surface area (Å²) in [5.74, 6) is 0.560. The lowest BCUT2D eigenvalue weighted by Crippen LogP contribution is -2.29. The number of carbonyl (C=O) groups is 1. The molecule has 0 radical (unpaired) electrons. The fraction of sp³-hybridized carbons (Fsp3) is 0.923. The minimum Gasteiger partial charge on any atom is -0.481 e. The lowest BCUT2D eigenvalue weighted by Gasteiger charge is -2.38. The van der Waals surface area contributed by atoms with E-state index in [0.29, 0.717) is 11.3 Å². The van der Waals surface area contributed by atoms with Crippen LogP contribution in [-0.2, 0) is 4.79 Å². The maximum atomic E-state index is 10.6. The van der Waals surface area contributed by atoms with Gasteiger partial charge in [-0.05, 0) is 42.9 Å². The zero-order valence-electron chi connectivity index (χ0n) is 10.6. The first kappa shape index (κ1) is 13.9. The van der Waals surface area contributed by atoms with E-state index in [0.717, 1.165) is 18.8 Å². The summed E-state index contributed by atoms with van der Waals surface area (Å²) < 4.78 is 0. The van der Waals surface area contributed by atoms with Gasteiger partial charge in [-0.3, -0.25) is 4.79 Å². The molecule has 1 fully saturated rings. The van der Waals surface area contributed by atoms with E-state index in [1.807, 2.05) is 0 Å². The van der Waals surface area contributed by atoms with Crippen molar-refractivity contribution in [2.24, 2.45) is 17.3 Å². The van der Waals surface area contributed by atoms with Gasteiger partial charge in [0.1, 0.15) is 0 Å². The topological polar surface area (TPSA) is 37.3 Å². The van der Waals surface area contributed by atoms with Crippen molar-refractivity contribution in [3.63, 3.8) is 0 Å². The second-order valence-corrected chi connectivity index (χ2v) is 6.81. The van der Waals surface area contributed by atoms with Crippen LogP contribution in [0.4, 0.5) is 0 Å². The molecule has 1 saturated carbocycles. The van der Waals surface area contributed by atoms with Crippen molar-refractivity contribution in [3.05, 3.63) is 0 Å². The Balaban J connectivity index is 2.40. The fourth-order valence-corrected chi connectivity index (χ4v) is 3.17. The van der Waals surface area contributed by atoms with E-state index in [1.54, 1.807) is 0 Å². The van der Waals surface area contributed by atoms with E-state index in [2.05, 4.69) is 33.4 Å². The number of rotatable bonds is 3. The van der Waals surface area contributed by atoms with Gasteiger partial charge in [0.25, 0.3) is 0 Å². The summed E-state index contributed by atoms with van der Waals surface area (Å²) >= 11 is 4.43. The molecule has 16 heavy (non-hydrogen) atoms. The van der Waals surface area contributed by atoms with Gasteiger partial charge in [0, 0.05) is 5.25 Å². The third-order valence-corrected chi connectivity index (χ3v) is 4.53. The van der Waals surface area contributed by atoms with E-state index in [1.165, 1.54) is 12.8 Å². The summed E-state index contributed by atoms with van der Waals surface area (Å²) in [6.07, 6.45) is 4.94. The minimum absolute atomic E-state index is 0.0402. The third kappa shape index (κ3) is 4.00. The second kappa shape index (κ2) is 5.44. The number of hydrogen-bond acceptors (Lipinski definition) is 2. The van der Waals surface area contributed by atoms with Crippen molar-refractivity contribution in [1.29, 1.82) is 0 Å². The van der Waals surface area contributed by atoms with Crippen molar-refractivity contribution in [1.82, 2.24) is 0 Å². The predicted octanol–water partition coefficient (Wildman–Crippen LogP) is 3.61. The normalized spacial score (nSPS) is 28.8. The molecule has 3 heteroatoms. The Morgan fingerprint density at radius 3 is 2.19 bits per heavy atom. The van der Waals surface area contributed by atoms with Crippen LogP contribution in [0.1, 0.15) is 52.9 Å². The average Bonchev–Trinajstić information content (AvgIpc) is 2.15. The number of thiol groups is 1. The first-order chi connectivity index (χ1) is 7.30. The Labute approximate surface area is 104 Å². The summed E-state index contributed by atoms with van der Waals surface area (Å²) in [4.78, 5) is 10.6. The Hall–Kier alpha value is -0.180. The first-order valence-corrected chi connectivity index (χ1v) is 6.72. The number of carboxylic acids is 1. The summed E-state index contributed by atoms with van der Waals surface area (Å²) in [5, 5.41) is 8.79. The second-order valence-electron chi connectivity index (χ2n) is 6.14. The van der Waals surface area contributed by atoms with E-state index in [-0.39, 0.29) is 11.7 Å². The zero-order valence-corrected chi connectivity index (χ0v) is 11.5. The van der Waals surface area contributed by atoms with Gasteiger partial charge in [0.2, 0.25) is 0 Å². The van der Waals surface area contributed by atoms with Gasteiger partial charge in [0.05, 0.1) is 6.42 Å². The van der Waals surface area contributed by atoms with Gasteiger partial charge in [-0.2, -0.15) is 12.6 Å². The van der Waals surface area contributed by atoms with E-state index in [9.17, 15) is 4.79 Å². The van der Waals surface area contributed by atoms with Crippen LogP contribution in [0.25, 0.3) is 0 Å². The Bertz CT molecular complexity index is 237. The molecule has 0 heterocycles. The lowest BCUT2D eigenvalue weighted by atomic mass is 9.69. The largest absolute Gasteiger partial charge is 0.481 e. The number of carboxylic acid groups (broad SMARTS) is 1. The molecule has 0 aromatic rings. The van der Waals surface area contributed by atoms with Gasteiger partial charge in [-0.1, -0.05) is 20.8 Å². The Kier molecular flexibility index (Phi) is 4.72. The SMILES string of the molecule is CC(C)(C)C1CCC(C(S)CC(=O)O)CC1. The molecule has 1 rings (SSSR count). The van der Waals surface area contributed by atoms with Gasteiger partial charge < -0.3 is 5.11 Å². The first-order valence-electron chi connectivity index (χ1n) is 6.20. The highest BCUT2D eigenvalue weighted by atomic mass is 32.1. The molecule has 1 aliphatic rings. The van der Waals surface area contributed by atoms with Crippen LogP contribution in [0.5, 0.6) is 0 Å². The van der Waals surface area contributed by atoms with Crippen molar-refractivity contribution in [3.8, 4) is 0 Å². The number of hydrogen-bond donors (Lipinski definition) is 2. The molecular weight excluding hydrogens is 220 g/mol. The molecule has 0 saturated heterocycles. The van der Waals surface area contributed by atoms with Crippen molar-refractivity contribution in [2.75, 3.05) is 0 Å². The highest BCUT2D eigenvalue weighted by molar-refractivity contribution is 7.81. The van der Waals surface area contributed by atoms with Gasteiger partial charge in [-0.25, -0.2) is 0 Å². The average molecular weight is 244 g/mol.